The molecule has 0 radical (unpaired) electrons. The third-order valence-electron chi connectivity index (χ3n) is 3.07. The molecule has 4 heteroatoms. The molecule has 0 aliphatic rings. The average molecular weight is 253 g/mol. The average Bonchev–Trinajstić information content (AvgIpc) is 2.44. The molecule has 96 valence electrons. The van der Waals surface area contributed by atoms with Crippen LogP contribution in [0.25, 0.3) is 0 Å². The fourth-order valence-electron chi connectivity index (χ4n) is 2.07. The first-order valence-corrected chi connectivity index (χ1v) is 5.99. The van der Waals surface area contributed by atoms with E-state index in [1.807, 2.05) is 26.0 Å². The number of hydrogen-bond acceptors (Lipinski definition) is 4. The number of aryl methyl sites for hydroxylation is 2. The molecule has 1 heterocycles. The Morgan fingerprint density at radius 1 is 1.16 bits per heavy atom. The van der Waals surface area contributed by atoms with Crippen LogP contribution in [-0.2, 0) is 0 Å². The van der Waals surface area contributed by atoms with Crippen LogP contribution >= 0.6 is 0 Å². The van der Waals surface area contributed by atoms with Gasteiger partial charge in [-0.15, -0.1) is 0 Å². The van der Waals surface area contributed by atoms with Crippen molar-refractivity contribution < 1.29 is 4.74 Å². The molecule has 1 aromatic heterocycles. The Morgan fingerprint density at radius 3 is 2.42 bits per heavy atom. The van der Waals surface area contributed by atoms with Gasteiger partial charge >= 0.3 is 0 Å². The topological polar surface area (TPSA) is 58.8 Å². The number of methoxy groups -OCH3 is 1. The van der Waals surface area contributed by atoms with Crippen LogP contribution in [-0.4, -0.2) is 17.1 Å². The molecule has 1 aromatic carbocycles. The highest BCUT2D eigenvalue weighted by atomic mass is 16.5. The molecular formula is C15H15N3O. The van der Waals surface area contributed by atoms with E-state index in [9.17, 15) is 5.26 Å². The van der Waals surface area contributed by atoms with Crippen LogP contribution < -0.4 is 4.74 Å². The predicted molar refractivity (Wildman–Crippen MR) is 72.0 cm³/mol. The van der Waals surface area contributed by atoms with Crippen LogP contribution in [0.4, 0.5) is 0 Å². The zero-order valence-corrected chi connectivity index (χ0v) is 11.2. The molecule has 0 amide bonds. The monoisotopic (exact) mass is 253 g/mol. The molecule has 0 bridgehead atoms. The second-order valence-corrected chi connectivity index (χ2v) is 4.35. The fourth-order valence-corrected chi connectivity index (χ4v) is 2.07. The fraction of sp³-hybridized carbons (Fsp3) is 0.267. The van der Waals surface area contributed by atoms with Gasteiger partial charge in [-0.1, -0.05) is 6.07 Å². The Bertz CT molecular complexity index is 617. The summed E-state index contributed by atoms with van der Waals surface area (Å²) in [7, 11) is 1.64. The van der Waals surface area contributed by atoms with Crippen LogP contribution in [0, 0.1) is 25.2 Å². The normalized spacial score (nSPS) is 11.7. The second kappa shape index (κ2) is 5.49. The number of benzene rings is 1. The lowest BCUT2D eigenvalue weighted by atomic mass is 9.93. The number of hydrogen-bond donors (Lipinski definition) is 0. The van der Waals surface area contributed by atoms with Gasteiger partial charge in [0, 0.05) is 12.4 Å². The van der Waals surface area contributed by atoms with Gasteiger partial charge in [0.15, 0.2) is 0 Å². The van der Waals surface area contributed by atoms with Gasteiger partial charge in [-0.3, -0.25) is 0 Å². The van der Waals surface area contributed by atoms with E-state index in [0.717, 1.165) is 22.4 Å². The first kappa shape index (κ1) is 13.0. The van der Waals surface area contributed by atoms with Crippen molar-refractivity contribution in [1.29, 1.82) is 5.26 Å². The van der Waals surface area contributed by atoms with Crippen LogP contribution in [0.1, 0.15) is 28.4 Å². The maximum atomic E-state index is 9.41. The largest absolute Gasteiger partial charge is 0.496 e. The maximum absolute atomic E-state index is 9.41. The van der Waals surface area contributed by atoms with Crippen molar-refractivity contribution in [3.8, 4) is 11.8 Å². The van der Waals surface area contributed by atoms with E-state index < -0.39 is 5.92 Å². The quantitative estimate of drug-likeness (QED) is 0.844. The number of nitriles is 1. The highest BCUT2D eigenvalue weighted by Crippen LogP contribution is 2.29. The zero-order chi connectivity index (χ0) is 13.8. The third kappa shape index (κ3) is 2.55. The Hall–Kier alpha value is -2.41. The van der Waals surface area contributed by atoms with Gasteiger partial charge in [0.2, 0.25) is 0 Å². The van der Waals surface area contributed by atoms with Gasteiger partial charge < -0.3 is 4.74 Å². The molecule has 0 saturated carbocycles. The minimum absolute atomic E-state index is 0.453. The SMILES string of the molecule is COc1cc(C)c(C(C#N)c2ncccn2)cc1C. The van der Waals surface area contributed by atoms with Gasteiger partial charge in [-0.2, -0.15) is 5.26 Å². The summed E-state index contributed by atoms with van der Waals surface area (Å²) in [5, 5.41) is 9.41. The smallest absolute Gasteiger partial charge is 0.149 e. The van der Waals surface area contributed by atoms with E-state index in [0.29, 0.717) is 5.82 Å². The summed E-state index contributed by atoms with van der Waals surface area (Å²) in [6.07, 6.45) is 3.30. The standard InChI is InChI=1S/C15H15N3O/c1-10-8-14(19-3)11(2)7-12(10)13(9-16)15-17-5-4-6-18-15/h4-8,13H,1-3H3. The molecule has 0 spiro atoms. The van der Waals surface area contributed by atoms with Crippen LogP contribution in [0.15, 0.2) is 30.6 Å². The van der Waals surface area contributed by atoms with Gasteiger partial charge in [0.25, 0.3) is 0 Å². The summed E-state index contributed by atoms with van der Waals surface area (Å²) in [6.45, 7) is 3.92. The molecule has 4 nitrogen and oxygen atoms in total. The van der Waals surface area contributed by atoms with Gasteiger partial charge in [-0.05, 0) is 42.7 Å². The van der Waals surface area contributed by atoms with Crippen molar-refractivity contribution >= 4 is 0 Å². The lowest BCUT2D eigenvalue weighted by Crippen LogP contribution is -2.06. The lowest BCUT2D eigenvalue weighted by molar-refractivity contribution is 0.411. The highest BCUT2D eigenvalue weighted by Gasteiger charge is 2.19. The van der Waals surface area contributed by atoms with Crippen LogP contribution in [0.3, 0.4) is 0 Å². The molecule has 1 atom stereocenters. The lowest BCUT2D eigenvalue weighted by Gasteiger charge is -2.14. The molecular weight excluding hydrogens is 238 g/mol. The van der Waals surface area contributed by atoms with Crippen molar-refractivity contribution in [3.63, 3.8) is 0 Å². The summed E-state index contributed by atoms with van der Waals surface area (Å²) < 4.78 is 5.29. The third-order valence-corrected chi connectivity index (χ3v) is 3.07. The molecule has 0 aliphatic carbocycles. The Balaban J connectivity index is 2.51. The predicted octanol–water partition coefficient (Wildman–Crippen LogP) is 2.76. The number of nitrogens with zero attached hydrogens (tertiary/aromatic N) is 3. The van der Waals surface area contributed by atoms with Crippen LogP contribution in [0.5, 0.6) is 5.75 Å². The summed E-state index contributed by atoms with van der Waals surface area (Å²) >= 11 is 0. The number of rotatable bonds is 3. The van der Waals surface area contributed by atoms with Crippen molar-refractivity contribution in [2.45, 2.75) is 19.8 Å². The summed E-state index contributed by atoms with van der Waals surface area (Å²) in [5.41, 5.74) is 2.92. The molecule has 0 N–H and O–H groups in total. The van der Waals surface area contributed by atoms with Gasteiger partial charge in [-0.25, -0.2) is 9.97 Å². The van der Waals surface area contributed by atoms with E-state index >= 15 is 0 Å². The summed E-state index contributed by atoms with van der Waals surface area (Å²) in [6, 6.07) is 7.93. The molecule has 0 saturated heterocycles. The summed E-state index contributed by atoms with van der Waals surface area (Å²) in [4.78, 5) is 8.35. The van der Waals surface area contributed by atoms with E-state index in [1.165, 1.54) is 0 Å². The Kier molecular flexibility index (Phi) is 3.76. The highest BCUT2D eigenvalue weighted by molar-refractivity contribution is 5.46. The van der Waals surface area contributed by atoms with Gasteiger partial charge in [0.1, 0.15) is 17.5 Å². The molecule has 2 aromatic rings. The van der Waals surface area contributed by atoms with E-state index in [2.05, 4.69) is 16.0 Å². The number of aromatic nitrogens is 2. The first-order chi connectivity index (χ1) is 9.17. The van der Waals surface area contributed by atoms with Crippen molar-refractivity contribution in [2.24, 2.45) is 0 Å². The molecule has 0 aliphatic heterocycles. The number of ether oxygens (including phenoxy) is 1. The molecule has 0 fully saturated rings. The molecule has 19 heavy (non-hydrogen) atoms. The summed E-state index contributed by atoms with van der Waals surface area (Å²) in [5.74, 6) is 0.899. The van der Waals surface area contributed by atoms with E-state index in [1.54, 1.807) is 25.6 Å². The van der Waals surface area contributed by atoms with Gasteiger partial charge in [0.05, 0.1) is 13.2 Å². The maximum Gasteiger partial charge on any atom is 0.149 e. The van der Waals surface area contributed by atoms with Crippen LogP contribution in [0.2, 0.25) is 0 Å². The zero-order valence-electron chi connectivity index (χ0n) is 11.2. The van der Waals surface area contributed by atoms with E-state index in [4.69, 9.17) is 4.74 Å². The Morgan fingerprint density at radius 2 is 1.84 bits per heavy atom. The second-order valence-electron chi connectivity index (χ2n) is 4.35. The van der Waals surface area contributed by atoms with Crippen molar-refractivity contribution in [1.82, 2.24) is 9.97 Å². The minimum Gasteiger partial charge on any atom is -0.496 e. The molecule has 2 rings (SSSR count). The molecule has 1 unspecified atom stereocenters. The van der Waals surface area contributed by atoms with E-state index in [-0.39, 0.29) is 0 Å². The first-order valence-electron chi connectivity index (χ1n) is 5.99. The van der Waals surface area contributed by atoms with Crippen molar-refractivity contribution in [3.05, 3.63) is 53.1 Å². The minimum atomic E-state index is -0.453. The Labute approximate surface area is 112 Å². The van der Waals surface area contributed by atoms with Crippen molar-refractivity contribution in [2.75, 3.05) is 7.11 Å².